The summed E-state index contributed by atoms with van der Waals surface area (Å²) in [6.07, 6.45) is 10.7. The van der Waals surface area contributed by atoms with Gasteiger partial charge < -0.3 is 4.74 Å². The van der Waals surface area contributed by atoms with E-state index in [1.54, 1.807) is 0 Å². The third-order valence-corrected chi connectivity index (χ3v) is 4.18. The topological polar surface area (TPSA) is 9.23 Å². The Balaban J connectivity index is 2.13. The largest absolute Gasteiger partial charge is 0.348 e. The van der Waals surface area contributed by atoms with Crippen molar-refractivity contribution >= 4 is 0 Å². The Morgan fingerprint density at radius 1 is 0.696 bits per heavy atom. The number of rotatable bonds is 6. The maximum absolute atomic E-state index is 6.11. The van der Waals surface area contributed by atoms with Gasteiger partial charge in [-0.15, -0.1) is 12.8 Å². The van der Waals surface area contributed by atoms with Crippen LogP contribution in [0.1, 0.15) is 36.8 Å². The van der Waals surface area contributed by atoms with Crippen LogP contribution >= 0.6 is 0 Å². The third-order valence-electron chi connectivity index (χ3n) is 4.18. The molecule has 0 bridgehead atoms. The highest BCUT2D eigenvalue weighted by Gasteiger charge is 2.25. The molecule has 2 aromatic rings. The van der Waals surface area contributed by atoms with Gasteiger partial charge in [0.25, 0.3) is 0 Å². The van der Waals surface area contributed by atoms with E-state index < -0.39 is 0 Å². The van der Waals surface area contributed by atoms with Gasteiger partial charge in [-0.3, -0.25) is 0 Å². The number of ether oxygens (including phenoxy) is 1. The van der Waals surface area contributed by atoms with Crippen molar-refractivity contribution in [2.75, 3.05) is 0 Å². The van der Waals surface area contributed by atoms with Gasteiger partial charge in [-0.1, -0.05) is 86.4 Å². The molecule has 0 amide bonds. The summed E-state index contributed by atoms with van der Waals surface area (Å²) in [5, 5.41) is 0. The standard InChI is InChI=1S/C22H22O/c1-5-21(17(3)19-13-9-7-10-14-19)23-22(6-2)18(4)20-15-11-8-12-16-20/h1-2,7-18,21-22H,3-4H3. The third kappa shape index (κ3) is 4.26. The summed E-state index contributed by atoms with van der Waals surface area (Å²) < 4.78 is 6.11. The molecule has 0 aliphatic carbocycles. The number of hydrogen-bond donors (Lipinski definition) is 0. The van der Waals surface area contributed by atoms with Crippen LogP contribution in [0.5, 0.6) is 0 Å². The summed E-state index contributed by atoms with van der Waals surface area (Å²) >= 11 is 0. The molecule has 0 aliphatic rings. The van der Waals surface area contributed by atoms with Crippen LogP contribution in [-0.2, 0) is 4.74 Å². The molecule has 1 nitrogen and oxygen atoms in total. The molecule has 1 heteroatoms. The summed E-state index contributed by atoms with van der Waals surface area (Å²) in [6, 6.07) is 20.2. The molecule has 0 aliphatic heterocycles. The fourth-order valence-corrected chi connectivity index (χ4v) is 2.62. The smallest absolute Gasteiger partial charge is 0.126 e. The highest BCUT2D eigenvalue weighted by atomic mass is 16.5. The van der Waals surface area contributed by atoms with Gasteiger partial charge >= 0.3 is 0 Å². The van der Waals surface area contributed by atoms with E-state index in [-0.39, 0.29) is 24.0 Å². The van der Waals surface area contributed by atoms with Crippen LogP contribution in [0, 0.1) is 24.7 Å². The van der Waals surface area contributed by atoms with Crippen LogP contribution in [0.15, 0.2) is 60.7 Å². The second-order valence-corrected chi connectivity index (χ2v) is 5.71. The Morgan fingerprint density at radius 2 is 1.04 bits per heavy atom. The Kier molecular flexibility index (Phi) is 6.04. The lowest BCUT2D eigenvalue weighted by Gasteiger charge is -2.27. The van der Waals surface area contributed by atoms with E-state index in [1.807, 2.05) is 36.4 Å². The van der Waals surface area contributed by atoms with Crippen molar-refractivity contribution in [1.82, 2.24) is 0 Å². The monoisotopic (exact) mass is 302 g/mol. The van der Waals surface area contributed by atoms with Crippen LogP contribution in [0.4, 0.5) is 0 Å². The molecule has 0 aromatic heterocycles. The second kappa shape index (κ2) is 8.23. The summed E-state index contributed by atoms with van der Waals surface area (Å²) in [6.45, 7) is 4.14. The average molecular weight is 302 g/mol. The number of terminal acetylenes is 2. The average Bonchev–Trinajstić information content (AvgIpc) is 2.63. The SMILES string of the molecule is C#CC(OC(C#C)C(C)c1ccccc1)C(C)c1ccccc1. The molecule has 0 fully saturated rings. The molecule has 0 heterocycles. The Bertz CT molecular complexity index is 614. The Morgan fingerprint density at radius 3 is 1.35 bits per heavy atom. The van der Waals surface area contributed by atoms with E-state index in [4.69, 9.17) is 17.6 Å². The maximum atomic E-state index is 6.11. The van der Waals surface area contributed by atoms with Crippen molar-refractivity contribution in [3.05, 3.63) is 71.8 Å². The van der Waals surface area contributed by atoms with Crippen molar-refractivity contribution in [3.8, 4) is 24.7 Å². The fraction of sp³-hybridized carbons (Fsp3) is 0.273. The van der Waals surface area contributed by atoms with Gasteiger partial charge in [0.15, 0.2) is 0 Å². The van der Waals surface area contributed by atoms with E-state index in [2.05, 4.69) is 50.0 Å². The summed E-state index contributed by atoms with van der Waals surface area (Å²) in [4.78, 5) is 0. The molecule has 116 valence electrons. The molecule has 0 saturated carbocycles. The minimum absolute atomic E-state index is 0.0834. The predicted molar refractivity (Wildman–Crippen MR) is 96.0 cm³/mol. The fourth-order valence-electron chi connectivity index (χ4n) is 2.62. The molecule has 2 aromatic carbocycles. The summed E-state index contributed by atoms with van der Waals surface area (Å²) in [5.41, 5.74) is 2.30. The van der Waals surface area contributed by atoms with Crippen molar-refractivity contribution in [2.45, 2.75) is 37.9 Å². The van der Waals surface area contributed by atoms with Gasteiger partial charge in [0.2, 0.25) is 0 Å². The van der Waals surface area contributed by atoms with Crippen LogP contribution in [0.3, 0.4) is 0 Å². The van der Waals surface area contributed by atoms with Crippen molar-refractivity contribution in [3.63, 3.8) is 0 Å². The van der Waals surface area contributed by atoms with Crippen LogP contribution in [-0.4, -0.2) is 12.2 Å². The second-order valence-electron chi connectivity index (χ2n) is 5.71. The van der Waals surface area contributed by atoms with E-state index in [0.717, 1.165) is 11.1 Å². The van der Waals surface area contributed by atoms with Gasteiger partial charge in [0, 0.05) is 11.8 Å². The van der Waals surface area contributed by atoms with Crippen molar-refractivity contribution < 1.29 is 4.74 Å². The maximum Gasteiger partial charge on any atom is 0.126 e. The predicted octanol–water partition coefficient (Wildman–Crippen LogP) is 4.61. The number of benzene rings is 2. The van der Waals surface area contributed by atoms with Crippen molar-refractivity contribution in [1.29, 1.82) is 0 Å². The molecule has 0 spiro atoms. The van der Waals surface area contributed by atoms with Crippen LogP contribution in [0.25, 0.3) is 0 Å². The molecule has 0 radical (unpaired) electrons. The highest BCUT2D eigenvalue weighted by Crippen LogP contribution is 2.27. The molecule has 0 saturated heterocycles. The normalized spacial score (nSPS) is 15.7. The molecular formula is C22H22O. The minimum Gasteiger partial charge on any atom is -0.348 e. The van der Waals surface area contributed by atoms with Gasteiger partial charge in [0.05, 0.1) is 0 Å². The molecular weight excluding hydrogens is 280 g/mol. The van der Waals surface area contributed by atoms with Crippen molar-refractivity contribution in [2.24, 2.45) is 0 Å². The zero-order valence-corrected chi connectivity index (χ0v) is 13.6. The minimum atomic E-state index is -0.357. The van der Waals surface area contributed by atoms with Gasteiger partial charge in [-0.25, -0.2) is 0 Å². The molecule has 2 rings (SSSR count). The first-order valence-corrected chi connectivity index (χ1v) is 7.85. The van der Waals surface area contributed by atoms with Crippen LogP contribution in [0.2, 0.25) is 0 Å². The molecule has 4 unspecified atom stereocenters. The lowest BCUT2D eigenvalue weighted by Crippen LogP contribution is -2.28. The quantitative estimate of drug-likeness (QED) is 0.708. The first-order valence-electron chi connectivity index (χ1n) is 7.85. The molecule has 0 N–H and O–H groups in total. The lowest BCUT2D eigenvalue weighted by atomic mass is 9.93. The zero-order valence-electron chi connectivity index (χ0n) is 13.6. The molecule has 4 atom stereocenters. The van der Waals surface area contributed by atoms with E-state index in [1.165, 1.54) is 0 Å². The van der Waals surface area contributed by atoms with E-state index in [9.17, 15) is 0 Å². The van der Waals surface area contributed by atoms with E-state index in [0.29, 0.717) is 0 Å². The first kappa shape index (κ1) is 16.9. The first-order chi connectivity index (χ1) is 11.2. The summed E-state index contributed by atoms with van der Waals surface area (Å²) in [5.74, 6) is 5.67. The summed E-state index contributed by atoms with van der Waals surface area (Å²) in [7, 11) is 0. The Hall–Kier alpha value is -2.48. The molecule has 23 heavy (non-hydrogen) atoms. The lowest BCUT2D eigenvalue weighted by molar-refractivity contribution is 0.0280. The van der Waals surface area contributed by atoms with E-state index >= 15 is 0 Å². The Labute approximate surface area is 139 Å². The van der Waals surface area contributed by atoms with Crippen LogP contribution < -0.4 is 0 Å². The van der Waals surface area contributed by atoms with Gasteiger partial charge in [-0.2, -0.15) is 0 Å². The highest BCUT2D eigenvalue weighted by molar-refractivity contribution is 5.25. The number of hydrogen-bond acceptors (Lipinski definition) is 1. The van der Waals surface area contributed by atoms with Gasteiger partial charge in [0.1, 0.15) is 12.2 Å². The zero-order chi connectivity index (χ0) is 16.7. The van der Waals surface area contributed by atoms with Gasteiger partial charge in [-0.05, 0) is 11.1 Å².